The maximum absolute atomic E-state index is 12.6. The van der Waals surface area contributed by atoms with Crippen LogP contribution in [0.15, 0.2) is 84.2 Å². The van der Waals surface area contributed by atoms with Crippen LogP contribution in [0, 0.1) is 6.92 Å². The molecule has 0 unspecified atom stereocenters. The Morgan fingerprint density at radius 3 is 2.46 bits per heavy atom. The first kappa shape index (κ1) is 17.9. The number of anilines is 1. The molecule has 5 heteroatoms. The summed E-state index contributed by atoms with van der Waals surface area (Å²) >= 11 is 1.40. The highest BCUT2D eigenvalue weighted by atomic mass is 32.1. The minimum absolute atomic E-state index is 0.219. The van der Waals surface area contributed by atoms with E-state index in [4.69, 9.17) is 4.74 Å². The van der Waals surface area contributed by atoms with Gasteiger partial charge in [-0.2, -0.15) is 0 Å². The molecule has 4 nitrogen and oxygen atoms in total. The van der Waals surface area contributed by atoms with Gasteiger partial charge in [0.25, 0.3) is 5.91 Å². The summed E-state index contributed by atoms with van der Waals surface area (Å²) in [6, 6.07) is 24.7. The van der Waals surface area contributed by atoms with Gasteiger partial charge in [0, 0.05) is 16.5 Å². The van der Waals surface area contributed by atoms with E-state index in [1.165, 1.54) is 16.9 Å². The molecule has 1 amide bonds. The van der Waals surface area contributed by atoms with Gasteiger partial charge in [-0.1, -0.05) is 54.1 Å². The third-order valence-corrected chi connectivity index (χ3v) is 4.90. The average molecular weight is 386 g/mol. The summed E-state index contributed by atoms with van der Waals surface area (Å²) in [6.07, 6.45) is 0. The number of hydrogen-bond acceptors (Lipinski definition) is 4. The average Bonchev–Trinajstić information content (AvgIpc) is 3.18. The Balaban J connectivity index is 1.47. The van der Waals surface area contributed by atoms with Gasteiger partial charge in [-0.05, 0) is 37.3 Å². The maximum atomic E-state index is 12.6. The number of rotatable bonds is 5. The Hall–Kier alpha value is -3.44. The van der Waals surface area contributed by atoms with Crippen LogP contribution < -0.4 is 10.1 Å². The standard InChI is InChI=1S/C23H18N2O2S/c1-16-10-12-17(13-11-16)21-15-28-23(24-21)25-22(26)18-6-5-9-20(14-18)27-19-7-3-2-4-8-19/h2-15H,1H3,(H,24,25,26). The summed E-state index contributed by atoms with van der Waals surface area (Å²) < 4.78 is 5.80. The zero-order valence-corrected chi connectivity index (χ0v) is 16.1. The summed E-state index contributed by atoms with van der Waals surface area (Å²) in [4.78, 5) is 17.1. The molecule has 138 valence electrons. The van der Waals surface area contributed by atoms with E-state index >= 15 is 0 Å². The number of nitrogens with zero attached hydrogens (tertiary/aromatic N) is 1. The van der Waals surface area contributed by atoms with E-state index in [1.807, 2.05) is 73.0 Å². The van der Waals surface area contributed by atoms with Crippen LogP contribution in [0.25, 0.3) is 11.3 Å². The van der Waals surface area contributed by atoms with Gasteiger partial charge in [0.1, 0.15) is 11.5 Å². The quantitative estimate of drug-likeness (QED) is 0.447. The third kappa shape index (κ3) is 4.27. The number of nitrogens with one attached hydrogen (secondary N) is 1. The highest BCUT2D eigenvalue weighted by molar-refractivity contribution is 7.14. The Morgan fingerprint density at radius 1 is 0.929 bits per heavy atom. The fraction of sp³-hybridized carbons (Fsp3) is 0.0435. The molecular formula is C23H18N2O2S. The summed E-state index contributed by atoms with van der Waals surface area (Å²) in [7, 11) is 0. The predicted octanol–water partition coefficient (Wildman–Crippen LogP) is 6.16. The molecule has 4 aromatic rings. The lowest BCUT2D eigenvalue weighted by molar-refractivity contribution is 0.102. The van der Waals surface area contributed by atoms with Gasteiger partial charge >= 0.3 is 0 Å². The molecule has 0 radical (unpaired) electrons. The Bertz CT molecular complexity index is 1090. The zero-order chi connectivity index (χ0) is 19.3. The number of amides is 1. The monoisotopic (exact) mass is 386 g/mol. The first-order valence-corrected chi connectivity index (χ1v) is 9.72. The highest BCUT2D eigenvalue weighted by Gasteiger charge is 2.11. The van der Waals surface area contributed by atoms with Crippen molar-refractivity contribution in [3.05, 3.63) is 95.4 Å². The fourth-order valence-corrected chi connectivity index (χ4v) is 3.40. The molecule has 0 aliphatic rings. The molecule has 3 aromatic carbocycles. The summed E-state index contributed by atoms with van der Waals surface area (Å²) in [6.45, 7) is 2.05. The summed E-state index contributed by atoms with van der Waals surface area (Å²) in [5.74, 6) is 1.12. The van der Waals surface area contributed by atoms with Crippen LogP contribution in [-0.2, 0) is 0 Å². The molecule has 0 aliphatic carbocycles. The van der Waals surface area contributed by atoms with Crippen molar-refractivity contribution < 1.29 is 9.53 Å². The Morgan fingerprint density at radius 2 is 1.68 bits per heavy atom. The number of para-hydroxylation sites is 1. The van der Waals surface area contributed by atoms with Crippen LogP contribution in [0.2, 0.25) is 0 Å². The first-order chi connectivity index (χ1) is 13.7. The van der Waals surface area contributed by atoms with Gasteiger partial charge in [0.05, 0.1) is 5.69 Å². The topological polar surface area (TPSA) is 51.2 Å². The number of thiazole rings is 1. The second-order valence-corrected chi connectivity index (χ2v) is 7.16. The van der Waals surface area contributed by atoms with Crippen molar-refractivity contribution >= 4 is 22.4 Å². The highest BCUT2D eigenvalue weighted by Crippen LogP contribution is 2.26. The fourth-order valence-electron chi connectivity index (χ4n) is 2.68. The van der Waals surface area contributed by atoms with E-state index < -0.39 is 0 Å². The van der Waals surface area contributed by atoms with E-state index in [1.54, 1.807) is 18.2 Å². The second kappa shape index (κ2) is 8.06. The van der Waals surface area contributed by atoms with E-state index in [0.717, 1.165) is 17.0 Å². The van der Waals surface area contributed by atoms with Crippen LogP contribution in [-0.4, -0.2) is 10.9 Å². The first-order valence-electron chi connectivity index (χ1n) is 8.84. The van der Waals surface area contributed by atoms with E-state index in [0.29, 0.717) is 16.4 Å². The molecule has 0 saturated carbocycles. The van der Waals surface area contributed by atoms with Crippen molar-refractivity contribution in [2.75, 3.05) is 5.32 Å². The van der Waals surface area contributed by atoms with Crippen molar-refractivity contribution in [2.24, 2.45) is 0 Å². The third-order valence-electron chi connectivity index (χ3n) is 4.15. The normalized spacial score (nSPS) is 10.5. The molecule has 0 aliphatic heterocycles. The van der Waals surface area contributed by atoms with Crippen LogP contribution in [0.4, 0.5) is 5.13 Å². The van der Waals surface area contributed by atoms with Crippen molar-refractivity contribution in [1.29, 1.82) is 0 Å². The lowest BCUT2D eigenvalue weighted by Crippen LogP contribution is -2.11. The molecular weight excluding hydrogens is 368 g/mol. The molecule has 1 aromatic heterocycles. The van der Waals surface area contributed by atoms with Crippen molar-refractivity contribution in [3.8, 4) is 22.8 Å². The van der Waals surface area contributed by atoms with Gasteiger partial charge in [-0.3, -0.25) is 10.1 Å². The predicted molar refractivity (Wildman–Crippen MR) is 113 cm³/mol. The molecule has 0 spiro atoms. The molecule has 1 heterocycles. The summed E-state index contributed by atoms with van der Waals surface area (Å²) in [5, 5.41) is 5.37. The molecule has 0 bridgehead atoms. The van der Waals surface area contributed by atoms with Gasteiger partial charge in [0.2, 0.25) is 0 Å². The van der Waals surface area contributed by atoms with Gasteiger partial charge in [0.15, 0.2) is 5.13 Å². The number of aryl methyl sites for hydroxylation is 1. The van der Waals surface area contributed by atoms with E-state index in [-0.39, 0.29) is 5.91 Å². The number of aromatic nitrogens is 1. The van der Waals surface area contributed by atoms with Crippen molar-refractivity contribution in [1.82, 2.24) is 4.98 Å². The SMILES string of the molecule is Cc1ccc(-c2csc(NC(=O)c3cccc(Oc4ccccc4)c3)n2)cc1. The number of carbonyl (C=O) groups is 1. The van der Waals surface area contributed by atoms with Crippen molar-refractivity contribution in [3.63, 3.8) is 0 Å². The lowest BCUT2D eigenvalue weighted by Gasteiger charge is -2.07. The van der Waals surface area contributed by atoms with Gasteiger partial charge in [-0.25, -0.2) is 4.98 Å². The van der Waals surface area contributed by atoms with Crippen LogP contribution >= 0.6 is 11.3 Å². The van der Waals surface area contributed by atoms with E-state index in [9.17, 15) is 4.79 Å². The summed E-state index contributed by atoms with van der Waals surface area (Å²) in [5.41, 5.74) is 3.59. The van der Waals surface area contributed by atoms with Crippen LogP contribution in [0.1, 0.15) is 15.9 Å². The Kier molecular flexibility index (Phi) is 5.17. The molecule has 28 heavy (non-hydrogen) atoms. The number of hydrogen-bond donors (Lipinski definition) is 1. The number of carbonyl (C=O) groups excluding carboxylic acids is 1. The van der Waals surface area contributed by atoms with Gasteiger partial charge in [-0.15, -0.1) is 11.3 Å². The molecule has 4 rings (SSSR count). The van der Waals surface area contributed by atoms with Crippen LogP contribution in [0.3, 0.4) is 0 Å². The minimum Gasteiger partial charge on any atom is -0.457 e. The molecule has 0 fully saturated rings. The zero-order valence-electron chi connectivity index (χ0n) is 15.3. The molecule has 1 N–H and O–H groups in total. The minimum atomic E-state index is -0.219. The van der Waals surface area contributed by atoms with Crippen molar-refractivity contribution in [2.45, 2.75) is 6.92 Å². The molecule has 0 saturated heterocycles. The largest absolute Gasteiger partial charge is 0.457 e. The smallest absolute Gasteiger partial charge is 0.257 e. The number of ether oxygens (including phenoxy) is 1. The second-order valence-electron chi connectivity index (χ2n) is 6.30. The van der Waals surface area contributed by atoms with Crippen LogP contribution in [0.5, 0.6) is 11.5 Å². The Labute approximate surface area is 167 Å². The number of benzene rings is 3. The van der Waals surface area contributed by atoms with E-state index in [2.05, 4.69) is 10.3 Å². The molecule has 0 atom stereocenters. The lowest BCUT2D eigenvalue weighted by atomic mass is 10.1. The maximum Gasteiger partial charge on any atom is 0.257 e. The van der Waals surface area contributed by atoms with Gasteiger partial charge < -0.3 is 4.74 Å².